The van der Waals surface area contributed by atoms with Crippen LogP contribution in [0.2, 0.25) is 0 Å². The molecule has 3 rings (SSSR count). The first kappa shape index (κ1) is 14.5. The fourth-order valence-electron chi connectivity index (χ4n) is 2.21. The number of nitro groups is 1. The lowest BCUT2D eigenvalue weighted by atomic mass is 10.1. The monoisotopic (exact) mass is 305 g/mol. The van der Waals surface area contributed by atoms with Crippen molar-refractivity contribution in [3.63, 3.8) is 0 Å². The molecule has 2 aromatic carbocycles. The molecule has 0 N–H and O–H groups in total. The molecule has 1 aromatic heterocycles. The fourth-order valence-corrected chi connectivity index (χ4v) is 2.21. The number of hydrogen-bond donors (Lipinski definition) is 0. The van der Waals surface area contributed by atoms with E-state index in [0.29, 0.717) is 11.3 Å². The van der Waals surface area contributed by atoms with Crippen molar-refractivity contribution in [2.45, 2.75) is 6.92 Å². The number of hydrogen-bond acceptors (Lipinski definition) is 4. The molecule has 0 aliphatic carbocycles. The lowest BCUT2D eigenvalue weighted by molar-refractivity contribution is -0.384. The first-order valence-corrected chi connectivity index (χ1v) is 6.85. The predicted molar refractivity (Wildman–Crippen MR) is 86.3 cm³/mol. The van der Waals surface area contributed by atoms with E-state index in [1.54, 1.807) is 6.92 Å². The Morgan fingerprint density at radius 1 is 1.09 bits per heavy atom. The molecule has 0 atom stereocenters. The fraction of sp³-hybridized carbons (Fsp3) is 0.0556. The molecule has 0 fully saturated rings. The summed E-state index contributed by atoms with van der Waals surface area (Å²) in [6.07, 6.45) is 0. The maximum Gasteiger partial charge on any atom is 0.270 e. The zero-order valence-corrected chi connectivity index (χ0v) is 12.2. The van der Waals surface area contributed by atoms with Crippen LogP contribution in [0.3, 0.4) is 0 Å². The summed E-state index contributed by atoms with van der Waals surface area (Å²) in [6.45, 7) is 1.65. The number of aryl methyl sites for hydroxylation is 1. The quantitative estimate of drug-likeness (QED) is 0.392. The molecular formula is C18H11NO4. The lowest BCUT2D eigenvalue weighted by Crippen LogP contribution is -2.08. The van der Waals surface area contributed by atoms with Crippen molar-refractivity contribution in [1.82, 2.24) is 0 Å². The number of fused-ring (bicyclic) bond motifs is 1. The Hall–Kier alpha value is -3.39. The average Bonchev–Trinajstić information content (AvgIpc) is 2.55. The van der Waals surface area contributed by atoms with Gasteiger partial charge >= 0.3 is 0 Å². The summed E-state index contributed by atoms with van der Waals surface area (Å²) in [5.74, 6) is 6.10. The van der Waals surface area contributed by atoms with Crippen LogP contribution in [0.1, 0.15) is 16.9 Å². The number of benzene rings is 2. The van der Waals surface area contributed by atoms with Crippen LogP contribution in [0, 0.1) is 28.9 Å². The van der Waals surface area contributed by atoms with Gasteiger partial charge in [-0.25, -0.2) is 0 Å². The molecule has 112 valence electrons. The molecule has 1 heterocycles. The Labute approximate surface area is 131 Å². The van der Waals surface area contributed by atoms with Crippen LogP contribution in [0.25, 0.3) is 11.0 Å². The second-order valence-electron chi connectivity index (χ2n) is 4.92. The number of rotatable bonds is 1. The van der Waals surface area contributed by atoms with E-state index in [1.165, 1.54) is 18.2 Å². The van der Waals surface area contributed by atoms with Gasteiger partial charge in [0.25, 0.3) is 5.69 Å². The highest BCUT2D eigenvalue weighted by Crippen LogP contribution is 2.20. The lowest BCUT2D eigenvalue weighted by Gasteiger charge is -2.01. The van der Waals surface area contributed by atoms with Gasteiger partial charge in [0.05, 0.1) is 10.3 Å². The highest BCUT2D eigenvalue weighted by Gasteiger charge is 2.14. The highest BCUT2D eigenvalue weighted by atomic mass is 16.6. The maximum absolute atomic E-state index is 12.6. The smallest absolute Gasteiger partial charge is 0.270 e. The van der Waals surface area contributed by atoms with E-state index in [0.717, 1.165) is 5.56 Å². The first-order chi connectivity index (χ1) is 11.1. The average molecular weight is 305 g/mol. The van der Waals surface area contributed by atoms with Crippen molar-refractivity contribution >= 4 is 16.7 Å². The molecule has 0 bridgehead atoms. The van der Waals surface area contributed by atoms with E-state index in [2.05, 4.69) is 11.8 Å². The van der Waals surface area contributed by atoms with E-state index in [1.807, 2.05) is 30.3 Å². The molecule has 3 aromatic rings. The van der Waals surface area contributed by atoms with Gasteiger partial charge in [0.15, 0.2) is 0 Å². The third-order valence-electron chi connectivity index (χ3n) is 3.37. The molecule has 0 saturated carbocycles. The molecule has 0 aliphatic rings. The highest BCUT2D eigenvalue weighted by molar-refractivity contribution is 5.80. The Balaban J connectivity index is 2.20. The SMILES string of the molecule is Cc1oc2ccc([N+](=O)[O-])cc2c(=O)c1C#Cc1ccccc1. The van der Waals surface area contributed by atoms with E-state index in [4.69, 9.17) is 4.42 Å². The first-order valence-electron chi connectivity index (χ1n) is 6.85. The van der Waals surface area contributed by atoms with Crippen LogP contribution in [-0.4, -0.2) is 4.92 Å². The molecule has 5 heteroatoms. The molecule has 0 unspecified atom stereocenters. The van der Waals surface area contributed by atoms with Crippen molar-refractivity contribution in [3.8, 4) is 11.8 Å². The second-order valence-corrected chi connectivity index (χ2v) is 4.92. The molecule has 0 saturated heterocycles. The minimum absolute atomic E-state index is 0.155. The van der Waals surface area contributed by atoms with E-state index < -0.39 is 4.92 Å². The largest absolute Gasteiger partial charge is 0.460 e. The van der Waals surface area contributed by atoms with Crippen LogP contribution in [0.4, 0.5) is 5.69 Å². The van der Waals surface area contributed by atoms with E-state index >= 15 is 0 Å². The van der Waals surface area contributed by atoms with Gasteiger partial charge in [-0.1, -0.05) is 30.0 Å². The van der Waals surface area contributed by atoms with Crippen molar-refractivity contribution < 1.29 is 9.34 Å². The van der Waals surface area contributed by atoms with Crippen molar-refractivity contribution in [2.75, 3.05) is 0 Å². The van der Waals surface area contributed by atoms with Crippen molar-refractivity contribution in [3.05, 3.63) is 85.8 Å². The Morgan fingerprint density at radius 3 is 2.52 bits per heavy atom. The van der Waals surface area contributed by atoms with Crippen LogP contribution < -0.4 is 5.43 Å². The number of non-ortho nitro benzene ring substituents is 1. The summed E-state index contributed by atoms with van der Waals surface area (Å²) in [7, 11) is 0. The van der Waals surface area contributed by atoms with E-state index in [-0.39, 0.29) is 22.1 Å². The number of nitrogens with zero attached hydrogens (tertiary/aromatic N) is 1. The minimum atomic E-state index is -0.548. The van der Waals surface area contributed by atoms with Gasteiger partial charge in [-0.15, -0.1) is 0 Å². The molecular weight excluding hydrogens is 294 g/mol. The zero-order valence-electron chi connectivity index (χ0n) is 12.2. The predicted octanol–water partition coefficient (Wildman–Crippen LogP) is 3.41. The standard InChI is InChI=1S/C18H11NO4/c1-12-15(9-7-13-5-3-2-4-6-13)18(20)16-11-14(19(21)22)8-10-17(16)23-12/h2-6,8,10-11H,1H3. The van der Waals surface area contributed by atoms with Crippen molar-refractivity contribution in [2.24, 2.45) is 0 Å². The molecule has 0 amide bonds. The summed E-state index contributed by atoms with van der Waals surface area (Å²) >= 11 is 0. The van der Waals surface area contributed by atoms with Gasteiger partial charge in [0, 0.05) is 17.7 Å². The maximum atomic E-state index is 12.6. The number of nitro benzene ring substituents is 1. The van der Waals surface area contributed by atoms with Crippen LogP contribution >= 0.6 is 0 Å². The molecule has 0 aliphatic heterocycles. The molecule has 0 spiro atoms. The van der Waals surface area contributed by atoms with E-state index in [9.17, 15) is 14.9 Å². The summed E-state index contributed by atoms with van der Waals surface area (Å²) < 4.78 is 5.57. The Morgan fingerprint density at radius 2 is 1.83 bits per heavy atom. The zero-order chi connectivity index (χ0) is 16.4. The summed E-state index contributed by atoms with van der Waals surface area (Å²) in [6, 6.07) is 13.2. The minimum Gasteiger partial charge on any atom is -0.460 e. The van der Waals surface area contributed by atoms with Gasteiger partial charge in [-0.05, 0) is 25.1 Å². The van der Waals surface area contributed by atoms with Crippen molar-refractivity contribution in [1.29, 1.82) is 0 Å². The molecule has 23 heavy (non-hydrogen) atoms. The van der Waals surface area contributed by atoms with Crippen LogP contribution in [0.15, 0.2) is 57.7 Å². The summed E-state index contributed by atoms with van der Waals surface area (Å²) in [5.41, 5.74) is 0.766. The van der Waals surface area contributed by atoms with Gasteiger partial charge in [0.2, 0.25) is 5.43 Å². The van der Waals surface area contributed by atoms with Gasteiger partial charge in [-0.3, -0.25) is 14.9 Å². The molecule has 5 nitrogen and oxygen atoms in total. The van der Waals surface area contributed by atoms with Crippen LogP contribution in [0.5, 0.6) is 0 Å². The third kappa shape index (κ3) is 2.83. The van der Waals surface area contributed by atoms with Gasteiger partial charge in [-0.2, -0.15) is 0 Å². The second kappa shape index (κ2) is 5.78. The van der Waals surface area contributed by atoms with Gasteiger partial charge < -0.3 is 4.42 Å². The Bertz CT molecular complexity index is 1020. The summed E-state index contributed by atoms with van der Waals surface area (Å²) in [4.78, 5) is 22.9. The van der Waals surface area contributed by atoms with Gasteiger partial charge in [0.1, 0.15) is 16.9 Å². The third-order valence-corrected chi connectivity index (χ3v) is 3.37. The topological polar surface area (TPSA) is 73.3 Å². The summed E-state index contributed by atoms with van der Waals surface area (Å²) in [5, 5.41) is 11.0. The van der Waals surface area contributed by atoms with Crippen LogP contribution in [-0.2, 0) is 0 Å². The normalized spacial score (nSPS) is 10.1. The molecule has 0 radical (unpaired) electrons. The Kier molecular flexibility index (Phi) is 3.65.